The van der Waals surface area contributed by atoms with Gasteiger partial charge in [0.05, 0.1) is 16.7 Å². The van der Waals surface area contributed by atoms with Crippen LogP contribution in [0.25, 0.3) is 38.8 Å². The zero-order valence-electron chi connectivity index (χ0n) is 24.2. The lowest BCUT2D eigenvalue weighted by atomic mass is 10.1. The van der Waals surface area contributed by atoms with Crippen LogP contribution < -0.4 is 20.7 Å². The van der Waals surface area contributed by atoms with Gasteiger partial charge in [-0.3, -0.25) is 4.98 Å². The summed E-state index contributed by atoms with van der Waals surface area (Å²) >= 11 is 0. The minimum absolute atomic E-state index is 0.976. The highest BCUT2D eigenvalue weighted by molar-refractivity contribution is 7.19. The smallest absolute Gasteiger partial charge is 0.181 e. The molecule has 0 bridgehead atoms. The Balaban J connectivity index is 1.30. The van der Waals surface area contributed by atoms with Crippen LogP contribution in [0.4, 0.5) is 0 Å². The summed E-state index contributed by atoms with van der Waals surface area (Å²) < 4.78 is 2.35. The average molecular weight is 579 g/mol. The molecule has 0 amide bonds. The first-order valence-corrected chi connectivity index (χ1v) is 17.1. The number of hydrogen-bond acceptors (Lipinski definition) is 1. The van der Waals surface area contributed by atoms with E-state index in [1.54, 1.807) is 0 Å². The quantitative estimate of drug-likeness (QED) is 0.150. The molecule has 0 unspecified atom stereocenters. The second-order valence-corrected chi connectivity index (χ2v) is 15.0. The largest absolute Gasteiger partial charge is 0.309 e. The van der Waals surface area contributed by atoms with E-state index in [2.05, 4.69) is 187 Å². The van der Waals surface area contributed by atoms with Crippen LogP contribution >= 0.6 is 0 Å². The molecule has 0 N–H and O–H groups in total. The van der Waals surface area contributed by atoms with Gasteiger partial charge in [-0.15, -0.1) is 0 Å². The highest BCUT2D eigenvalue weighted by atomic mass is 28.3. The molecule has 8 aromatic rings. The van der Waals surface area contributed by atoms with Crippen molar-refractivity contribution in [3.8, 4) is 16.9 Å². The fraction of sp³-hybridized carbons (Fsp3) is 0. The van der Waals surface area contributed by atoms with E-state index in [1.165, 1.54) is 42.6 Å². The lowest BCUT2D eigenvalue weighted by Crippen LogP contribution is -2.74. The van der Waals surface area contributed by atoms with Crippen molar-refractivity contribution in [2.75, 3.05) is 0 Å². The van der Waals surface area contributed by atoms with Crippen LogP contribution in [0.5, 0.6) is 0 Å². The van der Waals surface area contributed by atoms with Crippen LogP contribution in [-0.4, -0.2) is 17.6 Å². The van der Waals surface area contributed by atoms with Crippen LogP contribution in [-0.2, 0) is 0 Å². The summed E-state index contributed by atoms with van der Waals surface area (Å²) in [6.07, 6.45) is 2.13. The van der Waals surface area contributed by atoms with Crippen molar-refractivity contribution in [3.05, 3.63) is 182 Å². The Hall–Kier alpha value is -5.51. The molecule has 0 fully saturated rings. The molecule has 208 valence electrons. The molecule has 0 atom stereocenters. The Morgan fingerprint density at radius 2 is 0.932 bits per heavy atom. The zero-order valence-corrected chi connectivity index (χ0v) is 25.2. The molecule has 0 saturated carbocycles. The van der Waals surface area contributed by atoms with Crippen LogP contribution in [0.1, 0.15) is 0 Å². The van der Waals surface area contributed by atoms with Crippen molar-refractivity contribution < 1.29 is 0 Å². The zero-order chi connectivity index (χ0) is 29.3. The maximum atomic E-state index is 5.17. The van der Waals surface area contributed by atoms with E-state index in [-0.39, 0.29) is 0 Å². The van der Waals surface area contributed by atoms with Gasteiger partial charge < -0.3 is 4.57 Å². The van der Waals surface area contributed by atoms with E-state index < -0.39 is 8.07 Å². The maximum Gasteiger partial charge on any atom is 0.181 e. The number of aromatic nitrogens is 2. The van der Waals surface area contributed by atoms with E-state index >= 15 is 0 Å². The number of para-hydroxylation sites is 2. The summed E-state index contributed by atoms with van der Waals surface area (Å²) in [6, 6.07) is 63.5. The third kappa shape index (κ3) is 4.21. The molecule has 0 aliphatic heterocycles. The molecular formula is C41H30N2Si. The van der Waals surface area contributed by atoms with Crippen LogP contribution in [0, 0.1) is 0 Å². The van der Waals surface area contributed by atoms with Crippen molar-refractivity contribution >= 4 is 50.6 Å². The normalized spacial score (nSPS) is 11.6. The Morgan fingerprint density at radius 3 is 1.50 bits per heavy atom. The number of benzene rings is 6. The number of rotatable bonds is 6. The van der Waals surface area contributed by atoms with Gasteiger partial charge in [0.15, 0.2) is 8.07 Å². The topological polar surface area (TPSA) is 17.8 Å². The monoisotopic (exact) mass is 578 g/mol. The van der Waals surface area contributed by atoms with Gasteiger partial charge in [0, 0.05) is 28.2 Å². The highest BCUT2D eigenvalue weighted by Gasteiger charge is 2.41. The molecular weight excluding hydrogens is 549 g/mol. The first-order valence-electron chi connectivity index (χ1n) is 15.1. The minimum Gasteiger partial charge on any atom is -0.309 e. The second kappa shape index (κ2) is 11.0. The maximum absolute atomic E-state index is 5.17. The molecule has 0 saturated heterocycles. The first-order chi connectivity index (χ1) is 21.8. The van der Waals surface area contributed by atoms with E-state index in [4.69, 9.17) is 4.98 Å². The lowest BCUT2D eigenvalue weighted by Gasteiger charge is -2.34. The van der Waals surface area contributed by atoms with Gasteiger partial charge in [0.25, 0.3) is 0 Å². The molecule has 3 heteroatoms. The number of fused-ring (bicyclic) bond motifs is 3. The SMILES string of the molecule is c1ccc(-n2c3ccccc3c3cc(-c4ccc([Si](c5ccccc5)(c5ccccc5)c5ccccc5)cn4)ccc32)cc1. The second-order valence-electron chi connectivity index (χ2n) is 11.2. The van der Waals surface area contributed by atoms with Crippen molar-refractivity contribution in [2.45, 2.75) is 0 Å². The Morgan fingerprint density at radius 1 is 0.409 bits per heavy atom. The number of hydrogen-bond donors (Lipinski definition) is 0. The van der Waals surface area contributed by atoms with Crippen LogP contribution in [0.15, 0.2) is 182 Å². The molecule has 0 spiro atoms. The van der Waals surface area contributed by atoms with E-state index in [0.29, 0.717) is 0 Å². The van der Waals surface area contributed by atoms with Crippen molar-refractivity contribution in [2.24, 2.45) is 0 Å². The summed E-state index contributed by atoms with van der Waals surface area (Å²) in [6.45, 7) is 0. The fourth-order valence-corrected chi connectivity index (χ4v) is 11.5. The Kier molecular flexibility index (Phi) is 6.51. The Labute approximate surface area is 258 Å². The average Bonchev–Trinajstić information content (AvgIpc) is 3.44. The van der Waals surface area contributed by atoms with Gasteiger partial charge in [-0.25, -0.2) is 0 Å². The standard InChI is InChI=1S/C41H30N2Si/c1-5-15-32(16-6-1)43-40-24-14-13-23-37(40)38-29-31(25-28-41(38)43)39-27-26-36(30-42-39)44(33-17-7-2-8-18-33,34-19-9-3-10-20-34)35-21-11-4-12-22-35/h1-30H. The minimum atomic E-state index is -2.60. The molecule has 2 nitrogen and oxygen atoms in total. The van der Waals surface area contributed by atoms with Crippen molar-refractivity contribution in [1.29, 1.82) is 0 Å². The van der Waals surface area contributed by atoms with Gasteiger partial charge in [-0.1, -0.05) is 140 Å². The first kappa shape index (κ1) is 26.1. The number of pyridine rings is 1. The van der Waals surface area contributed by atoms with E-state index in [1.807, 2.05) is 0 Å². The van der Waals surface area contributed by atoms with Crippen LogP contribution in [0.2, 0.25) is 0 Å². The predicted octanol–water partition coefficient (Wildman–Crippen LogP) is 7.22. The molecule has 2 aromatic heterocycles. The van der Waals surface area contributed by atoms with Crippen LogP contribution in [0.3, 0.4) is 0 Å². The lowest BCUT2D eigenvalue weighted by molar-refractivity contribution is 1.18. The molecule has 0 aliphatic carbocycles. The third-order valence-electron chi connectivity index (χ3n) is 8.80. The van der Waals surface area contributed by atoms with Gasteiger partial charge in [-0.2, -0.15) is 0 Å². The van der Waals surface area contributed by atoms with Gasteiger partial charge >= 0.3 is 0 Å². The summed E-state index contributed by atoms with van der Waals surface area (Å²) in [7, 11) is -2.60. The molecule has 0 aliphatic rings. The predicted molar refractivity (Wildman–Crippen MR) is 188 cm³/mol. The molecule has 0 radical (unpaired) electrons. The summed E-state index contributed by atoms with van der Waals surface area (Å²) in [4.78, 5) is 5.17. The summed E-state index contributed by atoms with van der Waals surface area (Å²) in [5.41, 5.74) is 5.66. The van der Waals surface area contributed by atoms with Crippen molar-refractivity contribution in [1.82, 2.24) is 9.55 Å². The van der Waals surface area contributed by atoms with Gasteiger partial charge in [0.1, 0.15) is 0 Å². The van der Waals surface area contributed by atoms with Crippen molar-refractivity contribution in [3.63, 3.8) is 0 Å². The van der Waals surface area contributed by atoms with E-state index in [0.717, 1.165) is 16.9 Å². The summed E-state index contributed by atoms with van der Waals surface area (Å²) in [5.74, 6) is 0. The van der Waals surface area contributed by atoms with Gasteiger partial charge in [-0.05, 0) is 57.1 Å². The molecule has 6 aromatic carbocycles. The Bertz CT molecular complexity index is 2090. The van der Waals surface area contributed by atoms with Gasteiger partial charge in [0.2, 0.25) is 0 Å². The number of nitrogens with zero attached hydrogens (tertiary/aromatic N) is 2. The fourth-order valence-electron chi connectivity index (χ4n) is 6.84. The molecule has 2 heterocycles. The molecule has 44 heavy (non-hydrogen) atoms. The summed E-state index contributed by atoms with van der Waals surface area (Å²) in [5, 5.41) is 7.79. The molecule has 8 rings (SSSR count). The highest BCUT2D eigenvalue weighted by Crippen LogP contribution is 2.34. The third-order valence-corrected chi connectivity index (χ3v) is 13.6. The van der Waals surface area contributed by atoms with E-state index in [9.17, 15) is 0 Å².